The first kappa shape index (κ1) is 17.5. The third-order valence-electron chi connectivity index (χ3n) is 5.07. The molecule has 2 atom stereocenters. The van der Waals surface area contributed by atoms with Crippen molar-refractivity contribution in [3.8, 4) is 0 Å². The number of halogens is 1. The fourth-order valence-corrected chi connectivity index (χ4v) is 5.13. The zero-order valence-corrected chi connectivity index (χ0v) is 15.8. The Bertz CT molecular complexity index is 888. The van der Waals surface area contributed by atoms with Crippen molar-refractivity contribution in [1.29, 1.82) is 0 Å². The smallest absolute Gasteiger partial charge is 0.307 e. The van der Waals surface area contributed by atoms with E-state index < -0.39 is 5.97 Å². The Balaban J connectivity index is 1.76. The molecule has 0 bridgehead atoms. The first-order valence-corrected chi connectivity index (χ1v) is 10.0. The highest BCUT2D eigenvalue weighted by molar-refractivity contribution is 7.19. The molecule has 1 aromatic heterocycles. The van der Waals surface area contributed by atoms with Crippen LogP contribution in [0, 0.1) is 5.92 Å². The highest BCUT2D eigenvalue weighted by Crippen LogP contribution is 2.39. The van der Waals surface area contributed by atoms with E-state index in [4.69, 9.17) is 11.6 Å². The van der Waals surface area contributed by atoms with Crippen LogP contribution in [-0.4, -0.2) is 29.1 Å². The minimum Gasteiger partial charge on any atom is -0.481 e. The second kappa shape index (κ2) is 7.39. The van der Waals surface area contributed by atoms with Crippen LogP contribution >= 0.6 is 22.9 Å². The van der Waals surface area contributed by atoms with Gasteiger partial charge in [0.25, 0.3) is 0 Å². The number of piperidine rings is 1. The minimum atomic E-state index is -0.694. The number of likely N-dealkylation sites (tertiary alicyclic amines) is 1. The number of hydrogen-bond acceptors (Lipinski definition) is 3. The Labute approximate surface area is 161 Å². The molecule has 2 heterocycles. The maximum absolute atomic E-state index is 11.5. The van der Waals surface area contributed by atoms with Crippen LogP contribution in [-0.2, 0) is 4.79 Å². The van der Waals surface area contributed by atoms with Crippen molar-refractivity contribution in [2.24, 2.45) is 5.92 Å². The number of nitrogens with zero attached hydrogens (tertiary/aromatic N) is 1. The van der Waals surface area contributed by atoms with Crippen LogP contribution in [0.4, 0.5) is 0 Å². The fraction of sp³-hybridized carbons (Fsp3) is 0.286. The van der Waals surface area contributed by atoms with Gasteiger partial charge in [0.1, 0.15) is 0 Å². The summed E-state index contributed by atoms with van der Waals surface area (Å²) in [5.74, 6) is -0.992. The van der Waals surface area contributed by atoms with Crippen molar-refractivity contribution in [1.82, 2.24) is 4.90 Å². The third kappa shape index (κ3) is 3.50. The lowest BCUT2D eigenvalue weighted by Gasteiger charge is -2.37. The SMILES string of the molecule is O=C(O)C1CCCN(C(c2ccc(Cl)cc2)c2cc3ccccc3s2)C1. The Morgan fingerprint density at radius 3 is 2.69 bits per heavy atom. The van der Waals surface area contributed by atoms with Crippen LogP contribution in [0.15, 0.2) is 54.6 Å². The number of thiophene rings is 1. The summed E-state index contributed by atoms with van der Waals surface area (Å²) in [7, 11) is 0. The van der Waals surface area contributed by atoms with E-state index in [1.807, 2.05) is 12.1 Å². The maximum atomic E-state index is 11.5. The lowest BCUT2D eigenvalue weighted by atomic mass is 9.94. The number of hydrogen-bond donors (Lipinski definition) is 1. The Morgan fingerprint density at radius 1 is 1.19 bits per heavy atom. The number of carbonyl (C=O) groups is 1. The summed E-state index contributed by atoms with van der Waals surface area (Å²) < 4.78 is 1.26. The number of carboxylic acids is 1. The van der Waals surface area contributed by atoms with E-state index >= 15 is 0 Å². The van der Waals surface area contributed by atoms with Crippen molar-refractivity contribution in [2.75, 3.05) is 13.1 Å². The summed E-state index contributed by atoms with van der Waals surface area (Å²) in [6.45, 7) is 1.49. The average molecular weight is 386 g/mol. The van der Waals surface area contributed by atoms with E-state index in [0.29, 0.717) is 11.6 Å². The van der Waals surface area contributed by atoms with Crippen molar-refractivity contribution < 1.29 is 9.90 Å². The molecule has 0 amide bonds. The van der Waals surface area contributed by atoms with Gasteiger partial charge in [0, 0.05) is 21.1 Å². The molecule has 1 fully saturated rings. The van der Waals surface area contributed by atoms with Gasteiger partial charge in [0.2, 0.25) is 0 Å². The molecule has 3 aromatic rings. The maximum Gasteiger partial charge on any atom is 0.307 e. The molecule has 1 aliphatic rings. The predicted octanol–water partition coefficient (Wildman–Crippen LogP) is 5.44. The van der Waals surface area contributed by atoms with Gasteiger partial charge >= 0.3 is 5.97 Å². The molecule has 0 radical (unpaired) electrons. The van der Waals surface area contributed by atoms with Crippen molar-refractivity contribution in [3.05, 3.63) is 70.1 Å². The molecular formula is C21H20ClNO2S. The number of fused-ring (bicyclic) bond motifs is 1. The van der Waals surface area contributed by atoms with E-state index in [9.17, 15) is 9.90 Å². The highest BCUT2D eigenvalue weighted by Gasteiger charge is 2.32. The number of rotatable bonds is 4. The largest absolute Gasteiger partial charge is 0.481 e. The second-order valence-electron chi connectivity index (χ2n) is 6.81. The van der Waals surface area contributed by atoms with E-state index in [2.05, 4.69) is 47.4 Å². The topological polar surface area (TPSA) is 40.5 Å². The third-order valence-corrected chi connectivity index (χ3v) is 6.49. The lowest BCUT2D eigenvalue weighted by Crippen LogP contribution is -2.41. The van der Waals surface area contributed by atoms with Gasteiger partial charge in [-0.3, -0.25) is 9.69 Å². The molecule has 4 rings (SSSR count). The highest BCUT2D eigenvalue weighted by atomic mass is 35.5. The number of carboxylic acid groups (broad SMARTS) is 1. The van der Waals surface area contributed by atoms with Gasteiger partial charge < -0.3 is 5.11 Å². The van der Waals surface area contributed by atoms with E-state index in [1.165, 1.54) is 15.0 Å². The summed E-state index contributed by atoms with van der Waals surface area (Å²) in [6, 6.07) is 18.6. The molecule has 5 heteroatoms. The lowest BCUT2D eigenvalue weighted by molar-refractivity contribution is -0.143. The molecule has 1 N–H and O–H groups in total. The van der Waals surface area contributed by atoms with Crippen LogP contribution in [0.3, 0.4) is 0 Å². The number of benzene rings is 2. The summed E-state index contributed by atoms with van der Waals surface area (Å²) in [4.78, 5) is 15.1. The van der Waals surface area contributed by atoms with Gasteiger partial charge in [-0.1, -0.05) is 41.9 Å². The first-order valence-electron chi connectivity index (χ1n) is 8.82. The molecule has 2 aromatic carbocycles. The van der Waals surface area contributed by atoms with Crippen molar-refractivity contribution in [3.63, 3.8) is 0 Å². The van der Waals surface area contributed by atoms with Crippen LogP contribution in [0.2, 0.25) is 5.02 Å². The van der Waals surface area contributed by atoms with Gasteiger partial charge in [-0.2, -0.15) is 0 Å². The standard InChI is InChI=1S/C21H20ClNO2S/c22-17-9-7-14(8-10-17)20(23-11-3-5-16(13-23)21(24)25)19-12-15-4-1-2-6-18(15)26-19/h1-2,4,6-10,12,16,20H,3,5,11,13H2,(H,24,25). The quantitative estimate of drug-likeness (QED) is 0.650. The van der Waals surface area contributed by atoms with Gasteiger partial charge in [0.05, 0.1) is 12.0 Å². The minimum absolute atomic E-state index is 0.0619. The van der Waals surface area contributed by atoms with Gasteiger partial charge in [0.15, 0.2) is 0 Å². The molecule has 3 nitrogen and oxygen atoms in total. The van der Waals surface area contributed by atoms with Crippen LogP contribution in [0.25, 0.3) is 10.1 Å². The van der Waals surface area contributed by atoms with Gasteiger partial charge in [-0.25, -0.2) is 0 Å². The zero-order chi connectivity index (χ0) is 18.1. The fourth-order valence-electron chi connectivity index (χ4n) is 3.78. The zero-order valence-electron chi connectivity index (χ0n) is 14.3. The van der Waals surface area contributed by atoms with Crippen molar-refractivity contribution >= 4 is 39.0 Å². The molecule has 1 saturated heterocycles. The average Bonchev–Trinajstić information content (AvgIpc) is 3.07. The van der Waals surface area contributed by atoms with Crippen LogP contribution in [0.1, 0.15) is 29.3 Å². The Hall–Kier alpha value is -1.88. The Kier molecular flexibility index (Phi) is 4.98. The molecule has 134 valence electrons. The Morgan fingerprint density at radius 2 is 1.96 bits per heavy atom. The number of aliphatic carboxylic acids is 1. The molecule has 0 aliphatic carbocycles. The van der Waals surface area contributed by atoms with Gasteiger partial charge in [-0.05, 0) is 54.6 Å². The van der Waals surface area contributed by atoms with Crippen LogP contribution in [0.5, 0.6) is 0 Å². The molecule has 26 heavy (non-hydrogen) atoms. The van der Waals surface area contributed by atoms with Gasteiger partial charge in [-0.15, -0.1) is 11.3 Å². The van der Waals surface area contributed by atoms with Crippen LogP contribution < -0.4 is 0 Å². The summed E-state index contributed by atoms with van der Waals surface area (Å²) in [5, 5.41) is 11.4. The van der Waals surface area contributed by atoms with Crippen molar-refractivity contribution in [2.45, 2.75) is 18.9 Å². The molecule has 0 saturated carbocycles. The second-order valence-corrected chi connectivity index (χ2v) is 8.36. The first-order chi connectivity index (χ1) is 12.6. The molecule has 0 spiro atoms. The summed E-state index contributed by atoms with van der Waals surface area (Å²) in [6.07, 6.45) is 1.66. The molecular weight excluding hydrogens is 366 g/mol. The summed E-state index contributed by atoms with van der Waals surface area (Å²) >= 11 is 7.87. The normalized spacial score (nSPS) is 19.5. The summed E-state index contributed by atoms with van der Waals surface area (Å²) in [5.41, 5.74) is 1.16. The van der Waals surface area contributed by atoms with E-state index in [-0.39, 0.29) is 12.0 Å². The monoisotopic (exact) mass is 385 g/mol. The molecule has 2 unspecified atom stereocenters. The molecule has 1 aliphatic heterocycles. The van der Waals surface area contributed by atoms with E-state index in [1.54, 1.807) is 11.3 Å². The predicted molar refractivity (Wildman–Crippen MR) is 107 cm³/mol. The van der Waals surface area contributed by atoms with E-state index in [0.717, 1.165) is 24.9 Å².